The molecule has 1 saturated heterocycles. The van der Waals surface area contributed by atoms with Gasteiger partial charge in [-0.05, 0) is 6.07 Å². The first kappa shape index (κ1) is 15.8. The van der Waals surface area contributed by atoms with Crippen molar-refractivity contribution >= 4 is 17.7 Å². The van der Waals surface area contributed by atoms with Gasteiger partial charge in [0.25, 0.3) is 0 Å². The Balaban J connectivity index is 1.60. The molecule has 122 valence electrons. The number of benzene rings is 1. The molecule has 1 aromatic heterocycles. The Bertz CT molecular complexity index is 760. The highest BCUT2D eigenvalue weighted by Crippen LogP contribution is 2.16. The first-order chi connectivity index (χ1) is 11.6. The number of nitrogens with one attached hydrogen (secondary N) is 1. The van der Waals surface area contributed by atoms with E-state index < -0.39 is 5.91 Å². The summed E-state index contributed by atoms with van der Waals surface area (Å²) in [6.07, 6.45) is 1.80. The van der Waals surface area contributed by atoms with E-state index >= 15 is 0 Å². The maximum atomic E-state index is 11.9. The van der Waals surface area contributed by atoms with Gasteiger partial charge in [0.1, 0.15) is 12.9 Å². The van der Waals surface area contributed by atoms with Crippen LogP contribution in [0, 0.1) is 0 Å². The van der Waals surface area contributed by atoms with E-state index in [1.165, 1.54) is 6.33 Å². The van der Waals surface area contributed by atoms with Gasteiger partial charge in [-0.1, -0.05) is 30.3 Å². The number of hydrogen-bond acceptors (Lipinski definition) is 5. The lowest BCUT2D eigenvalue weighted by Gasteiger charge is -2.13. The third-order valence-corrected chi connectivity index (χ3v) is 3.72. The van der Waals surface area contributed by atoms with Crippen molar-refractivity contribution in [1.82, 2.24) is 20.2 Å². The topological polar surface area (TPSA) is 92.3 Å². The van der Waals surface area contributed by atoms with Crippen molar-refractivity contribution in [3.8, 4) is 11.3 Å². The molecule has 0 bridgehead atoms. The number of rotatable bonds is 5. The van der Waals surface area contributed by atoms with Gasteiger partial charge in [-0.15, -0.1) is 0 Å². The second-order valence-electron chi connectivity index (χ2n) is 5.41. The molecule has 1 aromatic carbocycles. The number of nitrogens with zero attached hydrogens (tertiary/aromatic N) is 3. The van der Waals surface area contributed by atoms with Gasteiger partial charge < -0.3 is 5.32 Å². The molecular formula is C17H16N4O3. The summed E-state index contributed by atoms with van der Waals surface area (Å²) in [5.41, 5.74) is 2.37. The maximum absolute atomic E-state index is 11.9. The van der Waals surface area contributed by atoms with Crippen molar-refractivity contribution in [3.05, 3.63) is 48.4 Å². The van der Waals surface area contributed by atoms with Gasteiger partial charge in [-0.25, -0.2) is 9.97 Å². The van der Waals surface area contributed by atoms with Crippen LogP contribution in [-0.4, -0.2) is 39.1 Å². The van der Waals surface area contributed by atoms with Gasteiger partial charge in [0, 0.05) is 18.4 Å². The van der Waals surface area contributed by atoms with Gasteiger partial charge in [0.15, 0.2) is 0 Å². The van der Waals surface area contributed by atoms with Gasteiger partial charge in [-0.2, -0.15) is 0 Å². The highest BCUT2D eigenvalue weighted by Gasteiger charge is 2.30. The molecule has 0 radical (unpaired) electrons. The number of likely N-dealkylation sites (tertiary alicyclic amines) is 1. The molecule has 0 atom stereocenters. The van der Waals surface area contributed by atoms with Crippen LogP contribution < -0.4 is 5.32 Å². The average Bonchev–Trinajstić information content (AvgIpc) is 2.93. The van der Waals surface area contributed by atoms with Crippen molar-refractivity contribution in [2.24, 2.45) is 0 Å². The van der Waals surface area contributed by atoms with Crippen molar-refractivity contribution < 1.29 is 14.4 Å². The Kier molecular flexibility index (Phi) is 4.60. The van der Waals surface area contributed by atoms with Crippen molar-refractivity contribution in [1.29, 1.82) is 0 Å². The SMILES string of the molecule is O=C(CN1C(=O)CCC1=O)NCc1cc(-c2ccccc2)ncn1. The zero-order valence-electron chi connectivity index (χ0n) is 12.9. The van der Waals surface area contributed by atoms with Crippen LogP contribution in [0.3, 0.4) is 0 Å². The second-order valence-corrected chi connectivity index (χ2v) is 5.41. The highest BCUT2D eigenvalue weighted by atomic mass is 16.2. The van der Waals surface area contributed by atoms with Gasteiger partial charge >= 0.3 is 0 Å². The van der Waals surface area contributed by atoms with Crippen molar-refractivity contribution in [2.45, 2.75) is 19.4 Å². The predicted octanol–water partition coefficient (Wildman–Crippen LogP) is 0.909. The standard InChI is InChI=1S/C17H16N4O3/c22-15(10-21-16(23)6-7-17(21)24)18-9-13-8-14(20-11-19-13)12-4-2-1-3-5-12/h1-5,8,11H,6-7,9-10H2,(H,18,22). The summed E-state index contributed by atoms with van der Waals surface area (Å²) in [5, 5.41) is 2.67. The molecule has 1 aliphatic rings. The molecule has 7 nitrogen and oxygen atoms in total. The van der Waals surface area contributed by atoms with Gasteiger partial charge in [0.2, 0.25) is 17.7 Å². The minimum atomic E-state index is -0.390. The van der Waals surface area contributed by atoms with E-state index in [-0.39, 0.29) is 37.7 Å². The lowest BCUT2D eigenvalue weighted by molar-refractivity contribution is -0.142. The van der Waals surface area contributed by atoms with Gasteiger partial charge in [-0.3, -0.25) is 19.3 Å². The monoisotopic (exact) mass is 324 g/mol. The summed E-state index contributed by atoms with van der Waals surface area (Å²) in [5.74, 6) is -0.995. The summed E-state index contributed by atoms with van der Waals surface area (Å²) in [6, 6.07) is 11.4. The Hall–Kier alpha value is -3.09. The van der Waals surface area contributed by atoms with Gasteiger partial charge in [0.05, 0.1) is 17.9 Å². The summed E-state index contributed by atoms with van der Waals surface area (Å²) in [4.78, 5) is 44.3. The third kappa shape index (κ3) is 3.62. The molecular weight excluding hydrogens is 308 g/mol. The molecule has 0 saturated carbocycles. The van der Waals surface area contributed by atoms with Crippen LogP contribution in [0.5, 0.6) is 0 Å². The highest BCUT2D eigenvalue weighted by molar-refractivity contribution is 6.04. The molecule has 0 aliphatic carbocycles. The van der Waals surface area contributed by atoms with Crippen LogP contribution in [0.15, 0.2) is 42.7 Å². The Morgan fingerprint density at radius 2 is 1.79 bits per heavy atom. The summed E-state index contributed by atoms with van der Waals surface area (Å²) < 4.78 is 0. The Morgan fingerprint density at radius 3 is 2.50 bits per heavy atom. The zero-order valence-corrected chi connectivity index (χ0v) is 12.9. The largest absolute Gasteiger partial charge is 0.349 e. The molecule has 3 amide bonds. The number of carbonyl (C=O) groups is 3. The fourth-order valence-corrected chi connectivity index (χ4v) is 2.45. The number of imide groups is 1. The lowest BCUT2D eigenvalue weighted by atomic mass is 10.1. The fourth-order valence-electron chi connectivity index (χ4n) is 2.45. The zero-order chi connectivity index (χ0) is 16.9. The third-order valence-electron chi connectivity index (χ3n) is 3.72. The van der Waals surface area contributed by atoms with Crippen molar-refractivity contribution in [3.63, 3.8) is 0 Å². The van der Waals surface area contributed by atoms with Crippen LogP contribution in [0.1, 0.15) is 18.5 Å². The van der Waals surface area contributed by atoms with E-state index in [4.69, 9.17) is 0 Å². The van der Waals surface area contributed by atoms with Crippen LogP contribution >= 0.6 is 0 Å². The summed E-state index contributed by atoms with van der Waals surface area (Å²) in [6.45, 7) is -0.0360. The smallest absolute Gasteiger partial charge is 0.240 e. The van der Waals surface area contributed by atoms with Crippen LogP contribution in [-0.2, 0) is 20.9 Å². The van der Waals surface area contributed by atoms with E-state index in [0.717, 1.165) is 16.2 Å². The fraction of sp³-hybridized carbons (Fsp3) is 0.235. The number of hydrogen-bond donors (Lipinski definition) is 1. The maximum Gasteiger partial charge on any atom is 0.240 e. The second kappa shape index (κ2) is 6.99. The van der Waals surface area contributed by atoms with Crippen molar-refractivity contribution in [2.75, 3.05) is 6.54 Å². The normalized spacial score (nSPS) is 14.1. The minimum Gasteiger partial charge on any atom is -0.349 e. The number of amides is 3. The average molecular weight is 324 g/mol. The van der Waals surface area contributed by atoms with E-state index in [1.54, 1.807) is 6.07 Å². The Morgan fingerprint density at radius 1 is 1.08 bits per heavy atom. The molecule has 1 aliphatic heterocycles. The quantitative estimate of drug-likeness (QED) is 0.825. The Labute approximate surface area is 138 Å². The van der Waals surface area contributed by atoms with Crippen LogP contribution in [0.2, 0.25) is 0 Å². The summed E-state index contributed by atoms with van der Waals surface area (Å²) in [7, 11) is 0. The van der Waals surface area contributed by atoms with Crippen LogP contribution in [0.25, 0.3) is 11.3 Å². The van der Waals surface area contributed by atoms with Crippen LogP contribution in [0.4, 0.5) is 0 Å². The van der Waals surface area contributed by atoms with E-state index in [0.29, 0.717) is 5.69 Å². The predicted molar refractivity (Wildman–Crippen MR) is 85.3 cm³/mol. The molecule has 3 rings (SSSR count). The lowest BCUT2D eigenvalue weighted by Crippen LogP contribution is -2.39. The molecule has 1 N–H and O–H groups in total. The summed E-state index contributed by atoms with van der Waals surface area (Å²) >= 11 is 0. The minimum absolute atomic E-state index is 0.179. The molecule has 7 heteroatoms. The van der Waals surface area contributed by atoms with E-state index in [2.05, 4.69) is 15.3 Å². The molecule has 2 heterocycles. The first-order valence-electron chi connectivity index (χ1n) is 7.60. The van der Waals surface area contributed by atoms with E-state index in [1.807, 2.05) is 30.3 Å². The molecule has 1 fully saturated rings. The molecule has 0 spiro atoms. The first-order valence-corrected chi connectivity index (χ1v) is 7.60. The number of carbonyl (C=O) groups excluding carboxylic acids is 3. The number of aromatic nitrogens is 2. The van der Waals surface area contributed by atoms with E-state index in [9.17, 15) is 14.4 Å². The molecule has 2 aromatic rings. The molecule has 0 unspecified atom stereocenters. The molecule has 24 heavy (non-hydrogen) atoms.